The van der Waals surface area contributed by atoms with Crippen molar-refractivity contribution in [1.82, 2.24) is 20.0 Å². The molecule has 1 saturated heterocycles. The molecule has 116 valence electrons. The zero-order valence-corrected chi connectivity index (χ0v) is 13.7. The molecule has 21 heavy (non-hydrogen) atoms. The molecule has 2 fully saturated rings. The Balaban J connectivity index is 1.66. The largest absolute Gasteiger partial charge is 0.392 e. The fraction of sp³-hybridized carbons (Fsp3) is 0.714. The zero-order valence-electron chi connectivity index (χ0n) is 12.1. The Labute approximate surface area is 132 Å². The van der Waals surface area contributed by atoms with Crippen LogP contribution in [-0.2, 0) is 7.05 Å². The topological polar surface area (TPSA) is 70.4 Å². The quantitative estimate of drug-likeness (QED) is 0.844. The van der Waals surface area contributed by atoms with E-state index < -0.39 is 0 Å². The van der Waals surface area contributed by atoms with Crippen LogP contribution in [-0.4, -0.2) is 57.0 Å². The molecule has 1 unspecified atom stereocenters. The molecular weight excluding hydrogens is 336 g/mol. The number of amides is 1. The molecule has 1 aromatic heterocycles. The van der Waals surface area contributed by atoms with Gasteiger partial charge in [-0.05, 0) is 41.6 Å². The second kappa shape index (κ2) is 6.06. The van der Waals surface area contributed by atoms with Crippen LogP contribution in [0.1, 0.15) is 36.0 Å². The molecule has 0 radical (unpaired) electrons. The maximum Gasteiger partial charge on any atom is 0.255 e. The third kappa shape index (κ3) is 3.00. The van der Waals surface area contributed by atoms with Crippen LogP contribution in [0.2, 0.25) is 0 Å². The number of carbonyl (C=O) groups excluding carboxylic acids is 1. The molecule has 1 saturated carbocycles. The van der Waals surface area contributed by atoms with Gasteiger partial charge in [0.2, 0.25) is 0 Å². The molecule has 2 aliphatic rings. The number of nitrogens with one attached hydrogen (secondary N) is 1. The number of likely N-dealkylation sites (tertiary alicyclic amines) is 1. The number of nitrogens with zero attached hydrogens (tertiary/aromatic N) is 3. The van der Waals surface area contributed by atoms with Crippen LogP contribution in [0.15, 0.2) is 10.8 Å². The number of hydrogen-bond acceptors (Lipinski definition) is 4. The van der Waals surface area contributed by atoms with Crippen molar-refractivity contribution in [2.45, 2.75) is 43.9 Å². The normalized spacial score (nSPS) is 30.0. The highest BCUT2D eigenvalue weighted by Crippen LogP contribution is 2.28. The van der Waals surface area contributed by atoms with Crippen LogP contribution in [0.5, 0.6) is 0 Å². The molecule has 1 aromatic rings. The number of carbonyl (C=O) groups is 1. The van der Waals surface area contributed by atoms with Gasteiger partial charge in [-0.25, -0.2) is 0 Å². The maximum atomic E-state index is 12.4. The molecule has 1 aliphatic heterocycles. The van der Waals surface area contributed by atoms with E-state index >= 15 is 0 Å². The van der Waals surface area contributed by atoms with Crippen LogP contribution < -0.4 is 5.32 Å². The minimum absolute atomic E-state index is 0.0772. The lowest BCUT2D eigenvalue weighted by atomic mass is 10.1. The summed E-state index contributed by atoms with van der Waals surface area (Å²) in [4.78, 5) is 14.7. The third-order valence-corrected chi connectivity index (χ3v) is 5.51. The summed E-state index contributed by atoms with van der Waals surface area (Å²) in [6.07, 6.45) is 5.42. The molecule has 2 heterocycles. The first-order valence-electron chi connectivity index (χ1n) is 7.46. The van der Waals surface area contributed by atoms with E-state index in [2.05, 4.69) is 31.2 Å². The van der Waals surface area contributed by atoms with Crippen LogP contribution in [0.3, 0.4) is 0 Å². The summed E-state index contributed by atoms with van der Waals surface area (Å²) in [5, 5.41) is 16.9. The minimum atomic E-state index is -0.214. The van der Waals surface area contributed by atoms with Gasteiger partial charge in [-0.1, -0.05) is 0 Å². The lowest BCUT2D eigenvalue weighted by Crippen LogP contribution is -2.48. The number of aryl methyl sites for hydroxylation is 1. The van der Waals surface area contributed by atoms with Crippen molar-refractivity contribution < 1.29 is 9.90 Å². The van der Waals surface area contributed by atoms with Crippen molar-refractivity contribution in [2.75, 3.05) is 13.1 Å². The van der Waals surface area contributed by atoms with Gasteiger partial charge in [-0.2, -0.15) is 5.10 Å². The van der Waals surface area contributed by atoms with Gasteiger partial charge in [-0.15, -0.1) is 0 Å². The molecule has 0 aromatic carbocycles. The third-order valence-electron chi connectivity index (χ3n) is 4.57. The number of rotatable bonds is 3. The maximum absolute atomic E-state index is 12.4. The Morgan fingerprint density at radius 1 is 1.48 bits per heavy atom. The average Bonchev–Trinajstić information content (AvgIpc) is 3.13. The van der Waals surface area contributed by atoms with Gasteiger partial charge in [0.05, 0.1) is 17.9 Å². The van der Waals surface area contributed by atoms with Gasteiger partial charge in [0.25, 0.3) is 5.91 Å². The van der Waals surface area contributed by atoms with Gasteiger partial charge >= 0.3 is 0 Å². The molecule has 6 nitrogen and oxygen atoms in total. The summed E-state index contributed by atoms with van der Waals surface area (Å²) in [7, 11) is 1.80. The smallest absolute Gasteiger partial charge is 0.255 e. The fourth-order valence-corrected chi connectivity index (χ4v) is 3.81. The van der Waals surface area contributed by atoms with Crippen LogP contribution in [0.25, 0.3) is 0 Å². The molecule has 1 amide bonds. The fourth-order valence-electron chi connectivity index (χ4n) is 3.44. The Bertz CT molecular complexity index is 533. The van der Waals surface area contributed by atoms with Gasteiger partial charge in [0.15, 0.2) is 0 Å². The van der Waals surface area contributed by atoms with E-state index in [1.165, 1.54) is 0 Å². The Morgan fingerprint density at radius 2 is 2.29 bits per heavy atom. The predicted molar refractivity (Wildman–Crippen MR) is 82.0 cm³/mol. The lowest BCUT2D eigenvalue weighted by molar-refractivity contribution is 0.0905. The van der Waals surface area contributed by atoms with Crippen LogP contribution in [0, 0.1) is 0 Å². The molecule has 2 N–H and O–H groups in total. The Hall–Kier alpha value is -0.920. The summed E-state index contributed by atoms with van der Waals surface area (Å²) in [5.41, 5.74) is 0.574. The Kier molecular flexibility index (Phi) is 4.33. The highest BCUT2D eigenvalue weighted by molar-refractivity contribution is 9.10. The SMILES string of the molecule is Cn1ncc(C(=O)N[C@@H]2CCC[C@@H]2N2CCC(O)C2)c1Br. The lowest BCUT2D eigenvalue weighted by Gasteiger charge is -2.29. The summed E-state index contributed by atoms with van der Waals surface area (Å²) >= 11 is 3.39. The van der Waals surface area contributed by atoms with Crippen molar-refractivity contribution in [3.05, 3.63) is 16.4 Å². The van der Waals surface area contributed by atoms with E-state index in [0.29, 0.717) is 16.2 Å². The molecule has 3 atom stereocenters. The van der Waals surface area contributed by atoms with Gasteiger partial charge in [0, 0.05) is 32.2 Å². The van der Waals surface area contributed by atoms with Crippen molar-refractivity contribution in [2.24, 2.45) is 7.05 Å². The standard InChI is InChI=1S/C14H21BrN4O2/c1-18-13(15)10(7-16-18)14(21)17-11-3-2-4-12(11)19-6-5-9(20)8-19/h7,9,11-12,20H,2-6,8H2,1H3,(H,17,21)/t9?,11-,12+/m1/s1. The van der Waals surface area contributed by atoms with Gasteiger partial charge < -0.3 is 10.4 Å². The highest BCUT2D eigenvalue weighted by Gasteiger charge is 2.36. The number of β-amino-alcohol motifs (C(OH)–C–C–N with tert-alkyl or cyclic N) is 1. The summed E-state index contributed by atoms with van der Waals surface area (Å²) in [5.74, 6) is -0.0772. The second-order valence-electron chi connectivity index (χ2n) is 5.99. The van der Waals surface area contributed by atoms with Crippen molar-refractivity contribution in [3.63, 3.8) is 0 Å². The van der Waals surface area contributed by atoms with E-state index in [9.17, 15) is 9.90 Å². The van der Waals surface area contributed by atoms with Gasteiger partial charge in [0.1, 0.15) is 4.60 Å². The number of aliphatic hydroxyl groups excluding tert-OH is 1. The summed E-state index contributed by atoms with van der Waals surface area (Å²) < 4.78 is 2.34. The second-order valence-corrected chi connectivity index (χ2v) is 6.74. The monoisotopic (exact) mass is 356 g/mol. The molecule has 0 bridgehead atoms. The number of hydrogen-bond donors (Lipinski definition) is 2. The first-order chi connectivity index (χ1) is 10.1. The number of aromatic nitrogens is 2. The molecular formula is C14H21BrN4O2. The predicted octanol–water partition coefficient (Wildman–Crippen LogP) is 0.900. The number of halogens is 1. The van der Waals surface area contributed by atoms with E-state index in [1.807, 2.05) is 0 Å². The highest BCUT2D eigenvalue weighted by atomic mass is 79.9. The first kappa shape index (κ1) is 15.0. The van der Waals surface area contributed by atoms with E-state index in [-0.39, 0.29) is 18.1 Å². The first-order valence-corrected chi connectivity index (χ1v) is 8.26. The van der Waals surface area contributed by atoms with Crippen molar-refractivity contribution in [3.8, 4) is 0 Å². The molecule has 3 rings (SSSR count). The van der Waals surface area contributed by atoms with E-state index in [1.54, 1.807) is 17.9 Å². The van der Waals surface area contributed by atoms with Crippen molar-refractivity contribution in [1.29, 1.82) is 0 Å². The van der Waals surface area contributed by atoms with Crippen molar-refractivity contribution >= 4 is 21.8 Å². The summed E-state index contributed by atoms with van der Waals surface area (Å²) in [6, 6.07) is 0.511. The van der Waals surface area contributed by atoms with E-state index in [0.717, 1.165) is 38.8 Å². The molecule has 0 spiro atoms. The van der Waals surface area contributed by atoms with E-state index in [4.69, 9.17) is 0 Å². The molecule has 7 heteroatoms. The van der Waals surface area contributed by atoms with Gasteiger partial charge in [-0.3, -0.25) is 14.4 Å². The Morgan fingerprint density at radius 3 is 2.90 bits per heavy atom. The minimum Gasteiger partial charge on any atom is -0.392 e. The zero-order chi connectivity index (χ0) is 15.0. The number of aliphatic hydroxyl groups is 1. The van der Waals surface area contributed by atoms with Crippen LogP contribution >= 0.6 is 15.9 Å². The average molecular weight is 357 g/mol. The summed E-state index contributed by atoms with van der Waals surface area (Å²) in [6.45, 7) is 1.66. The molecule has 1 aliphatic carbocycles. The van der Waals surface area contributed by atoms with Crippen LogP contribution in [0.4, 0.5) is 0 Å².